The van der Waals surface area contributed by atoms with Gasteiger partial charge in [0.2, 0.25) is 0 Å². The third-order valence-corrected chi connectivity index (χ3v) is 4.83. The lowest BCUT2D eigenvalue weighted by atomic mass is 10.1. The van der Waals surface area contributed by atoms with Gasteiger partial charge in [-0.2, -0.15) is 0 Å². The van der Waals surface area contributed by atoms with Crippen LogP contribution >= 0.6 is 0 Å². The van der Waals surface area contributed by atoms with Gasteiger partial charge >= 0.3 is 0 Å². The number of nitrogens with one attached hydrogen (secondary N) is 2. The molecule has 0 atom stereocenters. The summed E-state index contributed by atoms with van der Waals surface area (Å²) in [5.74, 6) is 0.817. The highest BCUT2D eigenvalue weighted by atomic mass is 16.5. The van der Waals surface area contributed by atoms with Crippen molar-refractivity contribution in [2.24, 2.45) is 4.99 Å². The fraction of sp³-hybridized carbons (Fsp3) is 0.409. The van der Waals surface area contributed by atoms with Crippen molar-refractivity contribution in [2.75, 3.05) is 33.4 Å². The van der Waals surface area contributed by atoms with Gasteiger partial charge in [-0.3, -0.25) is 9.89 Å². The molecule has 0 unspecified atom stereocenters. The Labute approximate surface area is 162 Å². The zero-order chi connectivity index (χ0) is 18.9. The van der Waals surface area contributed by atoms with Gasteiger partial charge < -0.3 is 15.4 Å². The van der Waals surface area contributed by atoms with Crippen LogP contribution in [0.2, 0.25) is 0 Å². The van der Waals surface area contributed by atoms with E-state index in [9.17, 15) is 0 Å². The zero-order valence-corrected chi connectivity index (χ0v) is 16.4. The molecule has 1 aliphatic rings. The van der Waals surface area contributed by atoms with Crippen molar-refractivity contribution in [3.63, 3.8) is 0 Å². The lowest BCUT2D eigenvalue weighted by Crippen LogP contribution is -2.37. The molecule has 0 aromatic heterocycles. The molecule has 27 heavy (non-hydrogen) atoms. The number of morpholine rings is 1. The first-order chi connectivity index (χ1) is 13.2. The van der Waals surface area contributed by atoms with Gasteiger partial charge in [0.25, 0.3) is 0 Å². The molecule has 2 N–H and O–H groups in total. The predicted molar refractivity (Wildman–Crippen MR) is 111 cm³/mol. The van der Waals surface area contributed by atoms with Gasteiger partial charge in [-0.25, -0.2) is 0 Å². The lowest BCUT2D eigenvalue weighted by Gasteiger charge is -2.27. The van der Waals surface area contributed by atoms with Crippen LogP contribution in [-0.4, -0.2) is 44.2 Å². The lowest BCUT2D eigenvalue weighted by molar-refractivity contribution is 0.0341. The van der Waals surface area contributed by atoms with Gasteiger partial charge in [0.1, 0.15) is 0 Å². The highest BCUT2D eigenvalue weighted by molar-refractivity contribution is 5.79. The molecular formula is C22H30N4O. The standard InChI is InChI=1S/C22H30N4O/c1-18-6-5-7-19(14-18)15-24-22(23-2)25-16-20-8-3-4-9-21(20)17-26-10-12-27-13-11-26/h3-9,14H,10-13,15-17H2,1-2H3,(H2,23,24,25). The molecule has 144 valence electrons. The molecule has 0 bridgehead atoms. The van der Waals surface area contributed by atoms with E-state index in [2.05, 4.69) is 76.0 Å². The zero-order valence-electron chi connectivity index (χ0n) is 16.4. The first kappa shape index (κ1) is 19.4. The molecule has 2 aromatic rings. The molecular weight excluding hydrogens is 336 g/mol. The summed E-state index contributed by atoms with van der Waals surface area (Å²) >= 11 is 0. The number of aliphatic imine (C=N–C) groups is 1. The fourth-order valence-electron chi connectivity index (χ4n) is 3.29. The van der Waals surface area contributed by atoms with E-state index in [0.29, 0.717) is 0 Å². The van der Waals surface area contributed by atoms with Crippen molar-refractivity contribution in [1.82, 2.24) is 15.5 Å². The molecule has 5 nitrogen and oxygen atoms in total. The van der Waals surface area contributed by atoms with E-state index in [1.54, 1.807) is 0 Å². The van der Waals surface area contributed by atoms with Crippen molar-refractivity contribution in [3.05, 3.63) is 70.8 Å². The third-order valence-electron chi connectivity index (χ3n) is 4.83. The van der Waals surface area contributed by atoms with Crippen molar-refractivity contribution < 1.29 is 4.74 Å². The molecule has 1 aliphatic heterocycles. The van der Waals surface area contributed by atoms with Gasteiger partial charge in [0.05, 0.1) is 13.2 Å². The highest BCUT2D eigenvalue weighted by Crippen LogP contribution is 2.13. The molecule has 2 aromatic carbocycles. The van der Waals surface area contributed by atoms with Crippen LogP contribution in [0.4, 0.5) is 0 Å². The maximum atomic E-state index is 5.45. The minimum atomic E-state index is 0.758. The number of rotatable bonds is 6. The summed E-state index contributed by atoms with van der Waals surface area (Å²) < 4.78 is 5.45. The van der Waals surface area contributed by atoms with E-state index in [1.807, 2.05) is 7.05 Å². The van der Waals surface area contributed by atoms with Gasteiger partial charge in [-0.15, -0.1) is 0 Å². The van der Waals surface area contributed by atoms with Gasteiger partial charge in [0.15, 0.2) is 5.96 Å². The average molecular weight is 367 g/mol. The second-order valence-electron chi connectivity index (χ2n) is 6.93. The monoisotopic (exact) mass is 366 g/mol. The summed E-state index contributed by atoms with van der Waals surface area (Å²) in [5, 5.41) is 6.84. The van der Waals surface area contributed by atoms with Gasteiger partial charge in [0, 0.05) is 39.8 Å². The molecule has 0 radical (unpaired) electrons. The summed E-state index contributed by atoms with van der Waals surface area (Å²) in [4.78, 5) is 6.80. The Kier molecular flexibility index (Phi) is 7.25. The Hall–Kier alpha value is -2.37. The number of aryl methyl sites for hydroxylation is 1. The summed E-state index contributed by atoms with van der Waals surface area (Å²) in [6.45, 7) is 8.26. The van der Waals surface area contributed by atoms with Crippen LogP contribution in [-0.2, 0) is 24.4 Å². The molecule has 1 fully saturated rings. The van der Waals surface area contributed by atoms with E-state index < -0.39 is 0 Å². The quantitative estimate of drug-likeness (QED) is 0.610. The van der Waals surface area contributed by atoms with Crippen LogP contribution in [0.1, 0.15) is 22.3 Å². The van der Waals surface area contributed by atoms with Crippen LogP contribution in [0.5, 0.6) is 0 Å². The second-order valence-corrected chi connectivity index (χ2v) is 6.93. The summed E-state index contributed by atoms with van der Waals surface area (Å²) in [5.41, 5.74) is 5.20. The van der Waals surface area contributed by atoms with Crippen molar-refractivity contribution in [3.8, 4) is 0 Å². The normalized spacial score (nSPS) is 15.6. The molecule has 0 amide bonds. The van der Waals surface area contributed by atoms with Crippen LogP contribution in [0.25, 0.3) is 0 Å². The molecule has 0 aliphatic carbocycles. The number of nitrogens with zero attached hydrogens (tertiary/aromatic N) is 2. The Bertz CT molecular complexity index is 753. The van der Waals surface area contributed by atoms with Crippen LogP contribution in [0.15, 0.2) is 53.5 Å². The topological polar surface area (TPSA) is 48.9 Å². The number of benzene rings is 2. The van der Waals surface area contributed by atoms with E-state index >= 15 is 0 Å². The number of guanidine groups is 1. The maximum absolute atomic E-state index is 5.45. The molecule has 1 heterocycles. The Morgan fingerprint density at radius 3 is 2.48 bits per heavy atom. The van der Waals surface area contributed by atoms with Crippen molar-refractivity contribution in [2.45, 2.75) is 26.6 Å². The van der Waals surface area contributed by atoms with Gasteiger partial charge in [-0.1, -0.05) is 54.1 Å². The average Bonchev–Trinajstić information content (AvgIpc) is 2.70. The van der Waals surface area contributed by atoms with E-state index in [0.717, 1.165) is 51.9 Å². The van der Waals surface area contributed by atoms with Crippen molar-refractivity contribution >= 4 is 5.96 Å². The molecule has 3 rings (SSSR count). The first-order valence-corrected chi connectivity index (χ1v) is 9.61. The Morgan fingerprint density at radius 1 is 1.00 bits per heavy atom. The Balaban J connectivity index is 1.54. The molecule has 0 spiro atoms. The predicted octanol–water partition coefficient (Wildman–Crippen LogP) is 2.69. The van der Waals surface area contributed by atoms with Crippen LogP contribution in [0, 0.1) is 6.92 Å². The number of hydrogen-bond donors (Lipinski definition) is 2. The molecule has 5 heteroatoms. The Morgan fingerprint density at radius 2 is 1.74 bits per heavy atom. The van der Waals surface area contributed by atoms with E-state index in [-0.39, 0.29) is 0 Å². The summed E-state index contributed by atoms with van der Waals surface area (Å²) in [7, 11) is 1.81. The summed E-state index contributed by atoms with van der Waals surface area (Å²) in [6.07, 6.45) is 0. The van der Waals surface area contributed by atoms with Crippen LogP contribution in [0.3, 0.4) is 0 Å². The fourth-order valence-corrected chi connectivity index (χ4v) is 3.29. The van der Waals surface area contributed by atoms with Crippen LogP contribution < -0.4 is 10.6 Å². The number of ether oxygens (including phenoxy) is 1. The molecule has 0 saturated carbocycles. The third kappa shape index (κ3) is 6.08. The second kappa shape index (κ2) is 10.1. The van der Waals surface area contributed by atoms with Crippen molar-refractivity contribution in [1.29, 1.82) is 0 Å². The van der Waals surface area contributed by atoms with E-state index in [4.69, 9.17) is 4.74 Å². The molecule has 1 saturated heterocycles. The highest BCUT2D eigenvalue weighted by Gasteiger charge is 2.12. The maximum Gasteiger partial charge on any atom is 0.191 e. The largest absolute Gasteiger partial charge is 0.379 e. The minimum absolute atomic E-state index is 0.758. The minimum Gasteiger partial charge on any atom is -0.379 e. The number of hydrogen-bond acceptors (Lipinski definition) is 3. The SMILES string of the molecule is CN=C(NCc1cccc(C)c1)NCc1ccccc1CN1CCOCC1. The smallest absolute Gasteiger partial charge is 0.191 e. The first-order valence-electron chi connectivity index (χ1n) is 9.61. The van der Waals surface area contributed by atoms with E-state index in [1.165, 1.54) is 22.3 Å². The summed E-state index contributed by atoms with van der Waals surface area (Å²) in [6, 6.07) is 17.1. The van der Waals surface area contributed by atoms with Gasteiger partial charge in [-0.05, 0) is 23.6 Å².